The number of rotatable bonds is 8. The van der Waals surface area contributed by atoms with Crippen molar-refractivity contribution < 1.29 is 43.2 Å². The lowest BCUT2D eigenvalue weighted by molar-refractivity contribution is -0.296. The number of hydrogen-bond acceptors (Lipinski definition) is 12. The summed E-state index contributed by atoms with van der Waals surface area (Å²) in [7, 11) is 3.81. The van der Waals surface area contributed by atoms with Crippen LogP contribution in [0.15, 0.2) is 42.6 Å². The Kier molecular flexibility index (Phi) is 13.8. The van der Waals surface area contributed by atoms with Gasteiger partial charge in [-0.2, -0.15) is 0 Å². The van der Waals surface area contributed by atoms with E-state index in [0.717, 1.165) is 16.5 Å². The molecule has 3 aliphatic rings. The number of likely N-dealkylation sites (N-methyl/N-ethyl adjacent to an activating group) is 1. The van der Waals surface area contributed by atoms with Crippen LogP contribution in [0.3, 0.4) is 0 Å². The lowest BCUT2D eigenvalue weighted by atomic mass is 9.78. The Labute approximate surface area is 325 Å². The minimum atomic E-state index is -1.18. The number of benzene rings is 1. The number of fused-ring (bicyclic) bond motifs is 2. The van der Waals surface area contributed by atoms with Gasteiger partial charge >= 0.3 is 12.1 Å². The first-order chi connectivity index (χ1) is 26.0. The Bertz CT molecular complexity index is 1690. The SMILES string of the molecule is CC[C@H]1OC(=O)[C@H](C)C(=O)[C@@H](C)[C@@H](O[C@@H]2O[C@H](C)CC(N(C)C)C2O)[C@](C)(OC/C=C/c2cnc3ccccc3c2)C[C@@H](C)CN[C@H](C)[C@H]2NC(=O)O[C@@]21C. The first-order valence-corrected chi connectivity index (χ1v) is 19.7. The van der Waals surface area contributed by atoms with Gasteiger partial charge in [-0.3, -0.25) is 14.6 Å². The minimum absolute atomic E-state index is 0.0353. The first kappa shape index (κ1) is 42.7. The van der Waals surface area contributed by atoms with Gasteiger partial charge in [0.05, 0.1) is 36.0 Å². The summed E-state index contributed by atoms with van der Waals surface area (Å²) in [6.07, 6.45) is 2.37. The Morgan fingerprint density at radius 2 is 1.82 bits per heavy atom. The maximum Gasteiger partial charge on any atom is 0.408 e. The number of aliphatic hydroxyl groups is 1. The van der Waals surface area contributed by atoms with E-state index in [0.29, 0.717) is 25.8 Å². The van der Waals surface area contributed by atoms with Crippen molar-refractivity contribution in [2.75, 3.05) is 27.2 Å². The van der Waals surface area contributed by atoms with Crippen molar-refractivity contribution in [2.45, 2.75) is 135 Å². The monoisotopic (exact) mass is 766 g/mol. The summed E-state index contributed by atoms with van der Waals surface area (Å²) in [4.78, 5) is 47.5. The van der Waals surface area contributed by atoms with Crippen LogP contribution in [0.25, 0.3) is 17.0 Å². The van der Waals surface area contributed by atoms with Gasteiger partial charge in [-0.1, -0.05) is 51.1 Å². The van der Waals surface area contributed by atoms with Crippen molar-refractivity contribution in [3.8, 4) is 0 Å². The van der Waals surface area contributed by atoms with E-state index in [-0.39, 0.29) is 30.7 Å². The van der Waals surface area contributed by atoms with Crippen LogP contribution in [0.2, 0.25) is 0 Å². The quantitative estimate of drug-likeness (QED) is 0.248. The molecule has 1 aromatic carbocycles. The second kappa shape index (κ2) is 17.8. The van der Waals surface area contributed by atoms with E-state index in [1.165, 1.54) is 6.92 Å². The summed E-state index contributed by atoms with van der Waals surface area (Å²) in [5, 5.41) is 19.1. The molecule has 2 unspecified atom stereocenters. The smallest absolute Gasteiger partial charge is 0.408 e. The Balaban J connectivity index is 1.51. The fraction of sp³-hybridized carbons (Fsp3) is 0.667. The van der Waals surface area contributed by atoms with Gasteiger partial charge in [0, 0.05) is 29.6 Å². The average Bonchev–Trinajstić information content (AvgIpc) is 3.47. The van der Waals surface area contributed by atoms with Crippen LogP contribution < -0.4 is 10.6 Å². The maximum absolute atomic E-state index is 14.5. The lowest BCUT2D eigenvalue weighted by Gasteiger charge is -2.47. The first-order valence-electron chi connectivity index (χ1n) is 19.7. The number of ketones is 1. The molecule has 0 bridgehead atoms. The molecule has 1 amide bonds. The number of esters is 1. The number of carbonyl (C=O) groups is 3. The number of carbonyl (C=O) groups excluding carboxylic acids is 3. The third-order valence-electron chi connectivity index (χ3n) is 11.8. The van der Waals surface area contributed by atoms with E-state index in [4.69, 9.17) is 23.7 Å². The summed E-state index contributed by atoms with van der Waals surface area (Å²) in [6.45, 7) is 15.5. The van der Waals surface area contributed by atoms with Gasteiger partial charge in [0.15, 0.2) is 17.7 Å². The zero-order chi connectivity index (χ0) is 40.2. The normalized spacial score (nSPS) is 38.3. The number of amides is 1. The molecule has 2 aromatic rings. The largest absolute Gasteiger partial charge is 0.458 e. The van der Waals surface area contributed by atoms with Crippen molar-refractivity contribution in [3.05, 3.63) is 48.2 Å². The van der Waals surface area contributed by atoms with E-state index in [1.54, 1.807) is 13.8 Å². The summed E-state index contributed by atoms with van der Waals surface area (Å²) in [5.74, 6) is -3.25. The number of nitrogens with one attached hydrogen (secondary N) is 2. The molecule has 0 spiro atoms. The number of pyridine rings is 1. The van der Waals surface area contributed by atoms with E-state index >= 15 is 0 Å². The molecule has 55 heavy (non-hydrogen) atoms. The topological polar surface area (TPSA) is 158 Å². The van der Waals surface area contributed by atoms with E-state index in [1.807, 2.05) is 89.3 Å². The van der Waals surface area contributed by atoms with Gasteiger partial charge in [-0.15, -0.1) is 0 Å². The molecule has 4 heterocycles. The van der Waals surface area contributed by atoms with Crippen molar-refractivity contribution in [1.29, 1.82) is 0 Å². The minimum Gasteiger partial charge on any atom is -0.458 e. The number of para-hydroxylation sites is 1. The Morgan fingerprint density at radius 1 is 1.09 bits per heavy atom. The number of hydrogen-bond donors (Lipinski definition) is 3. The Morgan fingerprint density at radius 3 is 2.53 bits per heavy atom. The second-order valence-electron chi connectivity index (χ2n) is 16.6. The summed E-state index contributed by atoms with van der Waals surface area (Å²) >= 11 is 0. The molecule has 1 aromatic heterocycles. The van der Waals surface area contributed by atoms with Gasteiger partial charge in [0.1, 0.15) is 18.1 Å². The molecule has 3 saturated heterocycles. The van der Waals surface area contributed by atoms with Crippen molar-refractivity contribution in [1.82, 2.24) is 20.5 Å². The molecule has 13 nitrogen and oxygen atoms in total. The van der Waals surface area contributed by atoms with Crippen molar-refractivity contribution >= 4 is 34.8 Å². The van der Waals surface area contributed by atoms with Crippen LogP contribution >= 0.6 is 0 Å². The maximum atomic E-state index is 14.5. The zero-order valence-electron chi connectivity index (χ0n) is 34.1. The van der Waals surface area contributed by atoms with E-state index < -0.39 is 71.5 Å². The molecular formula is C42H62N4O9. The Hall–Kier alpha value is -3.46. The number of ether oxygens (including phenoxy) is 5. The van der Waals surface area contributed by atoms with E-state index in [9.17, 15) is 19.5 Å². The molecule has 0 aliphatic carbocycles. The fourth-order valence-corrected chi connectivity index (χ4v) is 8.68. The van der Waals surface area contributed by atoms with Gasteiger partial charge < -0.3 is 44.3 Å². The summed E-state index contributed by atoms with van der Waals surface area (Å²) < 4.78 is 31.7. The number of aliphatic hydroxyl groups excluding tert-OH is 1. The standard InChI is InChI=1S/C42H62N4O9/c1-11-33-42(8)36(45-40(50)55-42)28(6)43-22-24(2)21-41(7,51-18-14-15-29-20-30-16-12-13-17-31(30)44-23-29)37(26(4)34(47)27(5)38(49)53-33)54-39-35(48)32(46(9)10)19-25(3)52-39/h12-17,20,23-28,32-33,35-37,39,43,48H,11,18-19,21-22H2,1-10H3,(H,45,50)/b15-14+/t24-,25-,26-,27-,28-,32?,33-,35?,36-,37-,39+,41-,42-/m1/s1. The third kappa shape index (κ3) is 9.57. The van der Waals surface area contributed by atoms with Gasteiger partial charge in [0.2, 0.25) is 0 Å². The highest BCUT2D eigenvalue weighted by Crippen LogP contribution is 2.38. The van der Waals surface area contributed by atoms with Crippen molar-refractivity contribution in [3.63, 3.8) is 0 Å². The van der Waals surface area contributed by atoms with Gasteiger partial charge in [-0.25, -0.2) is 4.79 Å². The molecule has 304 valence electrons. The van der Waals surface area contributed by atoms with Gasteiger partial charge in [-0.05, 0) is 98.1 Å². The van der Waals surface area contributed by atoms with Crippen LogP contribution in [0.1, 0.15) is 80.2 Å². The molecule has 0 saturated carbocycles. The summed E-state index contributed by atoms with van der Waals surface area (Å²) in [5.41, 5.74) is -0.496. The number of alkyl carbamates (subject to hydrolysis) is 1. The molecule has 3 aliphatic heterocycles. The zero-order valence-corrected chi connectivity index (χ0v) is 34.1. The van der Waals surface area contributed by atoms with Crippen LogP contribution in [0, 0.1) is 17.8 Å². The molecule has 0 radical (unpaired) electrons. The lowest BCUT2D eigenvalue weighted by Crippen LogP contribution is -2.60. The third-order valence-corrected chi connectivity index (χ3v) is 11.8. The fourth-order valence-electron chi connectivity index (χ4n) is 8.68. The molecule has 13 atom stereocenters. The number of aromatic nitrogens is 1. The molecule has 13 heteroatoms. The number of Topliss-reactive ketones (excluding diaryl/α,β-unsaturated/α-hetero) is 1. The molecule has 3 fully saturated rings. The van der Waals surface area contributed by atoms with Crippen LogP contribution in [-0.4, -0.2) is 120 Å². The highest BCUT2D eigenvalue weighted by atomic mass is 16.7. The second-order valence-corrected chi connectivity index (χ2v) is 16.6. The predicted octanol–water partition coefficient (Wildman–Crippen LogP) is 4.88. The van der Waals surface area contributed by atoms with Crippen LogP contribution in [0.4, 0.5) is 4.79 Å². The van der Waals surface area contributed by atoms with E-state index in [2.05, 4.69) is 28.6 Å². The van der Waals surface area contributed by atoms with Gasteiger partial charge in [0.25, 0.3) is 0 Å². The predicted molar refractivity (Wildman–Crippen MR) is 209 cm³/mol. The number of nitrogens with zero attached hydrogens (tertiary/aromatic N) is 2. The van der Waals surface area contributed by atoms with Crippen LogP contribution in [-0.2, 0) is 33.3 Å². The van der Waals surface area contributed by atoms with Crippen molar-refractivity contribution in [2.24, 2.45) is 17.8 Å². The number of cyclic esters (lactones) is 1. The average molecular weight is 767 g/mol. The highest BCUT2D eigenvalue weighted by Gasteiger charge is 2.55. The molecular weight excluding hydrogens is 704 g/mol. The molecule has 3 N–H and O–H groups in total. The van der Waals surface area contributed by atoms with Crippen LogP contribution in [0.5, 0.6) is 0 Å². The highest BCUT2D eigenvalue weighted by molar-refractivity contribution is 6.00. The molecule has 5 rings (SSSR count). The summed E-state index contributed by atoms with van der Waals surface area (Å²) in [6, 6.07) is 8.92.